The number of ether oxygens (including phenoxy) is 1. The van der Waals surface area contributed by atoms with Crippen LogP contribution >= 0.6 is 0 Å². The van der Waals surface area contributed by atoms with Crippen molar-refractivity contribution >= 4 is 23.5 Å². The van der Waals surface area contributed by atoms with Crippen LogP contribution in [0.1, 0.15) is 35.8 Å². The third-order valence-corrected chi connectivity index (χ3v) is 7.58. The highest BCUT2D eigenvalue weighted by Gasteiger charge is 2.55. The van der Waals surface area contributed by atoms with Crippen molar-refractivity contribution in [3.05, 3.63) is 72.3 Å². The van der Waals surface area contributed by atoms with Gasteiger partial charge >= 0.3 is 6.03 Å². The third kappa shape index (κ3) is 6.11. The van der Waals surface area contributed by atoms with Crippen molar-refractivity contribution in [1.82, 2.24) is 31.3 Å². The van der Waals surface area contributed by atoms with Gasteiger partial charge in [-0.1, -0.05) is 36.9 Å². The van der Waals surface area contributed by atoms with Crippen LogP contribution in [0.2, 0.25) is 0 Å². The first kappa shape index (κ1) is 29.1. The number of rotatable bonds is 9. The van der Waals surface area contributed by atoms with Gasteiger partial charge in [-0.15, -0.1) is 0 Å². The first-order chi connectivity index (χ1) is 19.0. The summed E-state index contributed by atoms with van der Waals surface area (Å²) in [6, 6.07) is 14.3. The summed E-state index contributed by atoms with van der Waals surface area (Å²) >= 11 is 0. The fraction of sp³-hybridized carbons (Fsp3) is 0.414. The van der Waals surface area contributed by atoms with E-state index in [9.17, 15) is 14.4 Å². The number of nitrogens with zero attached hydrogens (tertiary/aromatic N) is 2. The molecule has 2 aliphatic heterocycles. The van der Waals surface area contributed by atoms with E-state index >= 15 is 0 Å². The Morgan fingerprint density at radius 2 is 1.90 bits per heavy atom. The molecule has 2 fully saturated rings. The van der Waals surface area contributed by atoms with E-state index in [0.717, 1.165) is 5.56 Å². The number of benzene rings is 2. The number of hydrazine groups is 1. The van der Waals surface area contributed by atoms with E-state index in [2.05, 4.69) is 33.4 Å². The van der Waals surface area contributed by atoms with Crippen molar-refractivity contribution in [1.29, 1.82) is 0 Å². The first-order valence-electron chi connectivity index (χ1n) is 13.3. The summed E-state index contributed by atoms with van der Waals surface area (Å²) in [5, 5.41) is 8.93. The summed E-state index contributed by atoms with van der Waals surface area (Å²) in [7, 11) is 5.43. The fourth-order valence-electron chi connectivity index (χ4n) is 5.48. The highest BCUT2D eigenvalue weighted by molar-refractivity contribution is 6.01. The Balaban J connectivity index is 1.46. The number of hydrogen-bond donors (Lipinski definition) is 5. The summed E-state index contributed by atoms with van der Waals surface area (Å²) in [4.78, 5) is 42.4. The summed E-state index contributed by atoms with van der Waals surface area (Å²) in [5.41, 5.74) is 7.82. The highest BCUT2D eigenvalue weighted by Crippen LogP contribution is 2.37. The van der Waals surface area contributed by atoms with Gasteiger partial charge < -0.3 is 30.5 Å². The average Bonchev–Trinajstić information content (AvgIpc) is 3.45. The van der Waals surface area contributed by atoms with E-state index in [1.807, 2.05) is 68.1 Å². The maximum Gasteiger partial charge on any atom is 0.318 e. The van der Waals surface area contributed by atoms with Gasteiger partial charge in [0.25, 0.3) is 5.91 Å². The zero-order valence-corrected chi connectivity index (χ0v) is 23.7. The van der Waals surface area contributed by atoms with Crippen molar-refractivity contribution < 1.29 is 19.1 Å². The molecule has 2 saturated heterocycles. The van der Waals surface area contributed by atoms with Crippen LogP contribution in [0.5, 0.6) is 5.75 Å². The standard InChI is InChI=1S/C29H39N7O4/c1-7-24(37)30-19-13-14-20(23(15-19)40-6)27(38)32-26-21-16-36(29(2,3)25(21)33-34-26)28(39)31-22(17-35(4)5)18-11-9-8-10-12-18/h7-15,21-22,25-26,33-34H,1,16-17H2,2-6H3,(H,30,37)(H,31,39)(H,32,38)/t21?,22-,25?,26?/m1/s1. The lowest BCUT2D eigenvalue weighted by Gasteiger charge is -2.37. The molecule has 2 aromatic rings. The molecule has 0 spiro atoms. The number of carbonyl (C=O) groups excluding carboxylic acids is 3. The summed E-state index contributed by atoms with van der Waals surface area (Å²) in [5.74, 6) is -0.455. The topological polar surface area (TPSA) is 127 Å². The monoisotopic (exact) mass is 549 g/mol. The summed E-state index contributed by atoms with van der Waals surface area (Å²) in [6.07, 6.45) is 0.741. The van der Waals surface area contributed by atoms with Gasteiger partial charge in [-0.3, -0.25) is 15.0 Å². The Kier molecular flexibility index (Phi) is 8.77. The number of methoxy groups -OCH3 is 1. The second kappa shape index (κ2) is 12.1. The van der Waals surface area contributed by atoms with Crippen LogP contribution in [-0.4, -0.2) is 79.7 Å². The number of urea groups is 1. The van der Waals surface area contributed by atoms with E-state index in [1.165, 1.54) is 13.2 Å². The van der Waals surface area contributed by atoms with Crippen LogP contribution in [0.3, 0.4) is 0 Å². The zero-order valence-electron chi connectivity index (χ0n) is 23.7. The van der Waals surface area contributed by atoms with Gasteiger partial charge in [-0.2, -0.15) is 0 Å². The van der Waals surface area contributed by atoms with Crippen LogP contribution in [-0.2, 0) is 4.79 Å². The number of hydrogen-bond acceptors (Lipinski definition) is 7. The SMILES string of the molecule is C=CC(=O)Nc1ccc(C(=O)NC2NNC3C2CN(C(=O)N[C@H](CN(C)C)c2ccccc2)C3(C)C)c(OC)c1. The molecule has 2 heterocycles. The van der Waals surface area contributed by atoms with Gasteiger partial charge in [-0.25, -0.2) is 10.2 Å². The largest absolute Gasteiger partial charge is 0.496 e. The van der Waals surface area contributed by atoms with Crippen molar-refractivity contribution in [3.63, 3.8) is 0 Å². The minimum absolute atomic E-state index is 0.0779. The molecular formula is C29H39N7O4. The van der Waals surface area contributed by atoms with Gasteiger partial charge in [0.1, 0.15) is 5.75 Å². The Bertz CT molecular complexity index is 1250. The number of amides is 4. The van der Waals surface area contributed by atoms with Gasteiger partial charge in [0, 0.05) is 30.8 Å². The Labute approximate surface area is 235 Å². The zero-order chi connectivity index (χ0) is 29.0. The second-order valence-corrected chi connectivity index (χ2v) is 10.9. The van der Waals surface area contributed by atoms with Crippen molar-refractivity contribution in [2.24, 2.45) is 5.92 Å². The number of likely N-dealkylation sites (tertiary alicyclic amines) is 1. The number of nitrogens with one attached hydrogen (secondary N) is 5. The molecule has 40 heavy (non-hydrogen) atoms. The molecule has 0 aliphatic carbocycles. The molecule has 4 rings (SSSR count). The molecule has 4 amide bonds. The third-order valence-electron chi connectivity index (χ3n) is 7.58. The minimum atomic E-state index is -0.525. The fourth-order valence-corrected chi connectivity index (χ4v) is 5.48. The predicted molar refractivity (Wildman–Crippen MR) is 154 cm³/mol. The van der Waals surface area contributed by atoms with Gasteiger partial charge in [0.05, 0.1) is 36.5 Å². The van der Waals surface area contributed by atoms with Gasteiger partial charge in [0.15, 0.2) is 0 Å². The van der Waals surface area contributed by atoms with Crippen molar-refractivity contribution in [2.75, 3.05) is 39.6 Å². The quantitative estimate of drug-likeness (QED) is 0.303. The average molecular weight is 550 g/mol. The maximum atomic E-state index is 13.6. The molecule has 3 unspecified atom stereocenters. The summed E-state index contributed by atoms with van der Waals surface area (Å²) in [6.45, 7) is 8.60. The van der Waals surface area contributed by atoms with Crippen LogP contribution in [0.4, 0.5) is 10.5 Å². The van der Waals surface area contributed by atoms with E-state index in [4.69, 9.17) is 4.74 Å². The van der Waals surface area contributed by atoms with Crippen LogP contribution in [0, 0.1) is 5.92 Å². The van der Waals surface area contributed by atoms with E-state index in [-0.39, 0.29) is 35.8 Å². The molecule has 2 aliphatic rings. The van der Waals surface area contributed by atoms with Crippen LogP contribution in [0.25, 0.3) is 0 Å². The lowest BCUT2D eigenvalue weighted by Crippen LogP contribution is -2.57. The predicted octanol–water partition coefficient (Wildman–Crippen LogP) is 2.07. The molecule has 2 aromatic carbocycles. The smallest absolute Gasteiger partial charge is 0.318 e. The normalized spacial score (nSPS) is 21.9. The number of anilines is 1. The highest BCUT2D eigenvalue weighted by atomic mass is 16.5. The van der Waals surface area contributed by atoms with E-state index in [1.54, 1.807) is 18.2 Å². The molecule has 0 bridgehead atoms. The van der Waals surface area contributed by atoms with E-state index < -0.39 is 11.7 Å². The minimum Gasteiger partial charge on any atom is -0.496 e. The molecule has 11 heteroatoms. The molecule has 0 aromatic heterocycles. The molecular weight excluding hydrogens is 510 g/mol. The van der Waals surface area contributed by atoms with Crippen molar-refractivity contribution in [3.8, 4) is 5.75 Å². The molecule has 0 saturated carbocycles. The Morgan fingerprint density at radius 1 is 1.18 bits per heavy atom. The van der Waals surface area contributed by atoms with Gasteiger partial charge in [0.2, 0.25) is 5.91 Å². The second-order valence-electron chi connectivity index (χ2n) is 10.9. The van der Waals surface area contributed by atoms with Crippen molar-refractivity contribution in [2.45, 2.75) is 37.6 Å². The Morgan fingerprint density at radius 3 is 2.55 bits per heavy atom. The molecule has 11 nitrogen and oxygen atoms in total. The number of fused-ring (bicyclic) bond motifs is 1. The lowest BCUT2D eigenvalue weighted by molar-refractivity contribution is -0.111. The molecule has 4 atom stereocenters. The van der Waals surface area contributed by atoms with Crippen LogP contribution < -0.4 is 31.5 Å². The summed E-state index contributed by atoms with van der Waals surface area (Å²) < 4.78 is 5.42. The van der Waals surface area contributed by atoms with E-state index in [0.29, 0.717) is 30.1 Å². The molecule has 5 N–H and O–H groups in total. The van der Waals surface area contributed by atoms with Gasteiger partial charge in [-0.05, 0) is 51.7 Å². The maximum absolute atomic E-state index is 13.6. The molecule has 214 valence electrons. The number of carbonyl (C=O) groups is 3. The lowest BCUT2D eigenvalue weighted by atomic mass is 9.90. The molecule has 0 radical (unpaired) electrons. The number of likely N-dealkylation sites (N-methyl/N-ethyl adjacent to an activating group) is 1. The first-order valence-corrected chi connectivity index (χ1v) is 13.3. The van der Waals surface area contributed by atoms with Crippen LogP contribution in [0.15, 0.2) is 61.2 Å². The Hall–Kier alpha value is -3.93.